The van der Waals surface area contributed by atoms with Gasteiger partial charge in [0.25, 0.3) is 5.91 Å². The van der Waals surface area contributed by atoms with Crippen LogP contribution < -0.4 is 15.0 Å². The van der Waals surface area contributed by atoms with Crippen LogP contribution in [0, 0.1) is 0 Å². The molecule has 0 bridgehead atoms. The molecule has 0 saturated heterocycles. The minimum absolute atomic E-state index is 0.107. The second-order valence-corrected chi connectivity index (χ2v) is 6.14. The van der Waals surface area contributed by atoms with E-state index in [1.54, 1.807) is 32.2 Å². The van der Waals surface area contributed by atoms with Crippen LogP contribution in [0.25, 0.3) is 0 Å². The Hall–Kier alpha value is -2.37. The van der Waals surface area contributed by atoms with Gasteiger partial charge in [0.05, 0.1) is 5.69 Å². The molecule has 0 aliphatic carbocycles. The van der Waals surface area contributed by atoms with E-state index in [4.69, 9.17) is 4.74 Å². The van der Waals surface area contributed by atoms with Gasteiger partial charge in [-0.15, -0.1) is 0 Å². The van der Waals surface area contributed by atoms with Crippen LogP contribution in [0.1, 0.15) is 50.4 Å². The summed E-state index contributed by atoms with van der Waals surface area (Å²) in [5.41, 5.74) is 1.05. The molecule has 24 heavy (non-hydrogen) atoms. The number of anilines is 1. The van der Waals surface area contributed by atoms with Crippen LogP contribution in [0.4, 0.5) is 5.69 Å². The van der Waals surface area contributed by atoms with Crippen molar-refractivity contribution in [2.75, 3.05) is 11.9 Å². The number of carbonyl (C=O) groups is 3. The van der Waals surface area contributed by atoms with E-state index in [0.29, 0.717) is 17.0 Å². The smallest absolute Gasteiger partial charge is 0.267 e. The lowest BCUT2D eigenvalue weighted by Crippen LogP contribution is -2.42. The van der Waals surface area contributed by atoms with Gasteiger partial charge in [0, 0.05) is 31.5 Å². The molecule has 1 heterocycles. The van der Waals surface area contributed by atoms with E-state index in [-0.39, 0.29) is 36.5 Å². The van der Waals surface area contributed by atoms with E-state index >= 15 is 0 Å². The number of hydrogen-bond acceptors (Lipinski definition) is 4. The standard InChI is InChI=1S/C18H24N2O4/c1-5-11(2)19-17(22)9-7-15(21)13-6-8-16-14(10-13)20(4)18(23)12(3)24-16/h6,8,10-12H,5,7,9H2,1-4H3,(H,19,22). The summed E-state index contributed by atoms with van der Waals surface area (Å²) < 4.78 is 5.54. The number of Topliss-reactive ketones (excluding diaryl/α,β-unsaturated/α-hetero) is 1. The first-order valence-corrected chi connectivity index (χ1v) is 8.24. The Morgan fingerprint density at radius 1 is 1.33 bits per heavy atom. The quantitative estimate of drug-likeness (QED) is 0.811. The molecule has 1 aliphatic rings. The molecule has 6 heteroatoms. The molecule has 0 fully saturated rings. The summed E-state index contributed by atoms with van der Waals surface area (Å²) in [4.78, 5) is 37.6. The Morgan fingerprint density at radius 3 is 2.71 bits per heavy atom. The molecule has 1 aromatic rings. The maximum atomic E-state index is 12.3. The van der Waals surface area contributed by atoms with Crippen LogP contribution in [-0.2, 0) is 9.59 Å². The monoisotopic (exact) mass is 332 g/mol. The number of nitrogens with zero attached hydrogens (tertiary/aromatic N) is 1. The predicted octanol–water partition coefficient (Wildman–Crippen LogP) is 2.31. The number of carbonyl (C=O) groups excluding carboxylic acids is 3. The van der Waals surface area contributed by atoms with Gasteiger partial charge in [0.2, 0.25) is 5.91 Å². The molecular weight excluding hydrogens is 308 g/mol. The maximum absolute atomic E-state index is 12.3. The molecule has 0 aromatic heterocycles. The second-order valence-electron chi connectivity index (χ2n) is 6.14. The molecular formula is C18H24N2O4. The van der Waals surface area contributed by atoms with Crippen molar-refractivity contribution in [3.63, 3.8) is 0 Å². The zero-order valence-corrected chi connectivity index (χ0v) is 14.6. The van der Waals surface area contributed by atoms with Crippen molar-refractivity contribution in [3.05, 3.63) is 23.8 Å². The topological polar surface area (TPSA) is 75.7 Å². The highest BCUT2D eigenvalue weighted by Crippen LogP contribution is 2.34. The number of nitrogens with one attached hydrogen (secondary N) is 1. The predicted molar refractivity (Wildman–Crippen MR) is 91.4 cm³/mol. The van der Waals surface area contributed by atoms with Gasteiger partial charge in [0.15, 0.2) is 11.9 Å². The lowest BCUT2D eigenvalue weighted by Gasteiger charge is -2.30. The molecule has 2 rings (SSSR count). The zero-order valence-electron chi connectivity index (χ0n) is 14.6. The Labute approximate surface area is 142 Å². The summed E-state index contributed by atoms with van der Waals surface area (Å²) in [5, 5.41) is 2.84. The van der Waals surface area contributed by atoms with Crippen molar-refractivity contribution < 1.29 is 19.1 Å². The third kappa shape index (κ3) is 3.93. The Morgan fingerprint density at radius 2 is 2.04 bits per heavy atom. The van der Waals surface area contributed by atoms with E-state index in [1.165, 1.54) is 4.90 Å². The minimum Gasteiger partial charge on any atom is -0.479 e. The fourth-order valence-electron chi connectivity index (χ4n) is 2.51. The van der Waals surface area contributed by atoms with Crippen molar-refractivity contribution in [1.29, 1.82) is 0 Å². The summed E-state index contributed by atoms with van der Waals surface area (Å²) in [6.07, 6.45) is 0.607. The largest absolute Gasteiger partial charge is 0.479 e. The van der Waals surface area contributed by atoms with Crippen LogP contribution in [-0.4, -0.2) is 36.8 Å². The fourth-order valence-corrected chi connectivity index (χ4v) is 2.51. The van der Waals surface area contributed by atoms with Crippen molar-refractivity contribution in [2.24, 2.45) is 0 Å². The van der Waals surface area contributed by atoms with Crippen molar-refractivity contribution in [1.82, 2.24) is 5.32 Å². The van der Waals surface area contributed by atoms with E-state index < -0.39 is 6.10 Å². The third-order valence-corrected chi connectivity index (χ3v) is 4.22. The molecule has 2 atom stereocenters. The average molecular weight is 332 g/mol. The molecule has 1 aromatic carbocycles. The van der Waals surface area contributed by atoms with Gasteiger partial charge in [-0.1, -0.05) is 6.92 Å². The van der Waals surface area contributed by atoms with Gasteiger partial charge in [-0.3, -0.25) is 14.4 Å². The molecule has 6 nitrogen and oxygen atoms in total. The molecule has 2 unspecified atom stereocenters. The number of likely N-dealkylation sites (N-methyl/N-ethyl adjacent to an activating group) is 1. The summed E-state index contributed by atoms with van der Waals surface area (Å²) in [5.74, 6) is 0.174. The Balaban J connectivity index is 2.04. The van der Waals surface area contributed by atoms with Gasteiger partial charge >= 0.3 is 0 Å². The average Bonchev–Trinajstić information content (AvgIpc) is 2.57. The van der Waals surface area contributed by atoms with E-state index in [2.05, 4.69) is 5.32 Å². The van der Waals surface area contributed by atoms with Crippen LogP contribution >= 0.6 is 0 Å². The first kappa shape index (κ1) is 18.0. The molecule has 1 N–H and O–H groups in total. The number of fused-ring (bicyclic) bond motifs is 1. The highest BCUT2D eigenvalue weighted by molar-refractivity contribution is 6.03. The zero-order chi connectivity index (χ0) is 17.9. The molecule has 0 spiro atoms. The highest BCUT2D eigenvalue weighted by atomic mass is 16.5. The fraction of sp³-hybridized carbons (Fsp3) is 0.500. The van der Waals surface area contributed by atoms with Crippen LogP contribution in [0.2, 0.25) is 0 Å². The van der Waals surface area contributed by atoms with E-state index in [0.717, 1.165) is 6.42 Å². The number of amides is 2. The minimum atomic E-state index is -0.534. The summed E-state index contributed by atoms with van der Waals surface area (Å²) in [6, 6.07) is 5.12. The van der Waals surface area contributed by atoms with Crippen molar-refractivity contribution in [2.45, 2.75) is 52.2 Å². The lowest BCUT2D eigenvalue weighted by atomic mass is 10.0. The van der Waals surface area contributed by atoms with Gasteiger partial charge < -0.3 is 15.0 Å². The van der Waals surface area contributed by atoms with Crippen molar-refractivity contribution >= 4 is 23.3 Å². The van der Waals surface area contributed by atoms with Gasteiger partial charge in [-0.2, -0.15) is 0 Å². The lowest BCUT2D eigenvalue weighted by molar-refractivity contribution is -0.125. The first-order valence-electron chi connectivity index (χ1n) is 8.24. The number of ketones is 1. The Kier molecular flexibility index (Phi) is 5.59. The van der Waals surface area contributed by atoms with Gasteiger partial charge in [-0.05, 0) is 38.5 Å². The summed E-state index contributed by atoms with van der Waals surface area (Å²) in [7, 11) is 1.66. The van der Waals surface area contributed by atoms with Gasteiger partial charge in [-0.25, -0.2) is 0 Å². The van der Waals surface area contributed by atoms with Crippen LogP contribution in [0.3, 0.4) is 0 Å². The Bertz CT molecular complexity index is 656. The summed E-state index contributed by atoms with van der Waals surface area (Å²) in [6.45, 7) is 5.61. The second kappa shape index (κ2) is 7.47. The number of hydrogen-bond donors (Lipinski definition) is 1. The number of rotatable bonds is 6. The molecule has 0 radical (unpaired) electrons. The normalized spacial score (nSPS) is 17.8. The maximum Gasteiger partial charge on any atom is 0.267 e. The van der Waals surface area contributed by atoms with Crippen LogP contribution in [0.5, 0.6) is 5.75 Å². The third-order valence-electron chi connectivity index (χ3n) is 4.22. The molecule has 0 saturated carbocycles. The SMILES string of the molecule is CCC(C)NC(=O)CCC(=O)c1ccc2c(c1)N(C)C(=O)C(C)O2. The van der Waals surface area contributed by atoms with Gasteiger partial charge in [0.1, 0.15) is 5.75 Å². The van der Waals surface area contributed by atoms with E-state index in [1.807, 2.05) is 13.8 Å². The first-order chi connectivity index (χ1) is 11.3. The molecule has 1 aliphatic heterocycles. The number of ether oxygens (including phenoxy) is 1. The van der Waals surface area contributed by atoms with Crippen molar-refractivity contribution in [3.8, 4) is 5.75 Å². The molecule has 130 valence electrons. The number of benzene rings is 1. The highest BCUT2D eigenvalue weighted by Gasteiger charge is 2.29. The van der Waals surface area contributed by atoms with E-state index in [9.17, 15) is 14.4 Å². The van der Waals surface area contributed by atoms with Crippen LogP contribution in [0.15, 0.2) is 18.2 Å². The summed E-state index contributed by atoms with van der Waals surface area (Å²) >= 11 is 0. The molecule has 2 amide bonds.